The monoisotopic (exact) mass is 241 g/mol. The normalized spacial score (nSPS) is 15.4. The highest BCUT2D eigenvalue weighted by Crippen LogP contribution is 2.15. The summed E-state index contributed by atoms with van der Waals surface area (Å²) in [5, 5.41) is 4.03. The quantitative estimate of drug-likeness (QED) is 0.555. The minimum atomic E-state index is 0.505. The van der Waals surface area contributed by atoms with Crippen LogP contribution in [0.2, 0.25) is 0 Å². The molecule has 0 spiro atoms. The Morgan fingerprint density at radius 1 is 1.33 bits per heavy atom. The van der Waals surface area contributed by atoms with E-state index in [9.17, 15) is 0 Å². The predicted molar refractivity (Wildman–Crippen MR) is 76.4 cm³/mol. The van der Waals surface area contributed by atoms with E-state index in [-0.39, 0.29) is 0 Å². The number of rotatable bonds is 5. The zero-order chi connectivity index (χ0) is 12.6. The first-order chi connectivity index (χ1) is 8.88. The van der Waals surface area contributed by atoms with Crippen molar-refractivity contribution >= 4 is 12.3 Å². The van der Waals surface area contributed by atoms with Crippen molar-refractivity contribution in [2.75, 3.05) is 0 Å². The van der Waals surface area contributed by atoms with Crippen molar-refractivity contribution in [2.45, 2.75) is 32.3 Å². The smallest absolute Gasteiger partial charge is 0.142 e. The molecule has 0 unspecified atom stereocenters. The van der Waals surface area contributed by atoms with Gasteiger partial charge in [0.1, 0.15) is 6.61 Å². The molecule has 0 saturated heterocycles. The fraction of sp³-hybridized carbons (Fsp3) is 0.312. The molecule has 0 saturated carbocycles. The number of oxime groups is 1. The highest BCUT2D eigenvalue weighted by molar-refractivity contribution is 5.78. The summed E-state index contributed by atoms with van der Waals surface area (Å²) in [6.07, 6.45) is 10.8. The summed E-state index contributed by atoms with van der Waals surface area (Å²) in [6.45, 7) is 4.26. The van der Waals surface area contributed by atoms with Gasteiger partial charge in [0.25, 0.3) is 0 Å². The van der Waals surface area contributed by atoms with E-state index >= 15 is 0 Å². The van der Waals surface area contributed by atoms with Crippen LogP contribution in [0.1, 0.15) is 36.8 Å². The zero-order valence-corrected chi connectivity index (χ0v) is 10.6. The maximum atomic E-state index is 5.32. The molecular weight excluding hydrogens is 222 g/mol. The Hall–Kier alpha value is -1.83. The first-order valence-corrected chi connectivity index (χ1v) is 6.44. The largest absolute Gasteiger partial charge is 0.391 e. The van der Waals surface area contributed by atoms with Gasteiger partial charge in [0.2, 0.25) is 0 Å². The molecule has 18 heavy (non-hydrogen) atoms. The zero-order valence-electron chi connectivity index (χ0n) is 10.6. The molecule has 94 valence electrons. The van der Waals surface area contributed by atoms with E-state index in [0.29, 0.717) is 6.61 Å². The standard InChI is InChI=1S/C16H19NO/c1-2-14-9-6-10-16(11-14)13-18-17-12-15-7-4-3-5-8-15/h2,6-7,9-12H,1,3-5,8,13H2. The Morgan fingerprint density at radius 2 is 2.28 bits per heavy atom. The van der Waals surface area contributed by atoms with Gasteiger partial charge >= 0.3 is 0 Å². The third-order valence-electron chi connectivity index (χ3n) is 3.04. The number of benzene rings is 1. The average molecular weight is 241 g/mol. The van der Waals surface area contributed by atoms with E-state index in [4.69, 9.17) is 4.84 Å². The number of hydrogen-bond donors (Lipinski definition) is 0. The van der Waals surface area contributed by atoms with Gasteiger partial charge < -0.3 is 4.84 Å². The van der Waals surface area contributed by atoms with Crippen molar-refractivity contribution in [1.29, 1.82) is 0 Å². The summed E-state index contributed by atoms with van der Waals surface area (Å²) in [4.78, 5) is 5.32. The van der Waals surface area contributed by atoms with Crippen LogP contribution in [0.15, 0.2) is 47.6 Å². The summed E-state index contributed by atoms with van der Waals surface area (Å²) in [6, 6.07) is 8.11. The van der Waals surface area contributed by atoms with Crippen LogP contribution in [0, 0.1) is 0 Å². The number of allylic oxidation sites excluding steroid dienone is 2. The van der Waals surface area contributed by atoms with Crippen molar-refractivity contribution in [3.8, 4) is 0 Å². The van der Waals surface area contributed by atoms with Gasteiger partial charge in [-0.05, 0) is 48.4 Å². The summed E-state index contributed by atoms with van der Waals surface area (Å²) >= 11 is 0. The molecule has 0 N–H and O–H groups in total. The Labute approximate surface area is 109 Å². The Balaban J connectivity index is 1.82. The third kappa shape index (κ3) is 3.88. The minimum absolute atomic E-state index is 0.505. The van der Waals surface area contributed by atoms with Crippen molar-refractivity contribution < 1.29 is 4.84 Å². The second-order valence-corrected chi connectivity index (χ2v) is 4.48. The topological polar surface area (TPSA) is 21.6 Å². The summed E-state index contributed by atoms with van der Waals surface area (Å²) in [5.41, 5.74) is 3.51. The molecule has 0 aliphatic heterocycles. The second kappa shape index (κ2) is 6.80. The van der Waals surface area contributed by atoms with Crippen molar-refractivity contribution in [1.82, 2.24) is 0 Å². The summed E-state index contributed by atoms with van der Waals surface area (Å²) < 4.78 is 0. The minimum Gasteiger partial charge on any atom is -0.391 e. The summed E-state index contributed by atoms with van der Waals surface area (Å²) in [5.74, 6) is 0. The highest BCUT2D eigenvalue weighted by atomic mass is 16.6. The van der Waals surface area contributed by atoms with Crippen LogP contribution in [0.3, 0.4) is 0 Å². The average Bonchev–Trinajstić information content (AvgIpc) is 2.45. The highest BCUT2D eigenvalue weighted by Gasteiger charge is 2.00. The molecule has 0 amide bonds. The van der Waals surface area contributed by atoms with E-state index in [1.807, 2.05) is 30.5 Å². The first-order valence-electron chi connectivity index (χ1n) is 6.44. The SMILES string of the molecule is C=Cc1cccc(CON=CC2=CCCCC2)c1. The predicted octanol–water partition coefficient (Wildman–Crippen LogP) is 4.33. The molecule has 1 aliphatic carbocycles. The van der Waals surface area contributed by atoms with Gasteiger partial charge in [-0.15, -0.1) is 0 Å². The van der Waals surface area contributed by atoms with Gasteiger partial charge in [0, 0.05) is 0 Å². The number of hydrogen-bond acceptors (Lipinski definition) is 2. The van der Waals surface area contributed by atoms with Crippen LogP contribution < -0.4 is 0 Å². The fourth-order valence-corrected chi connectivity index (χ4v) is 2.01. The van der Waals surface area contributed by atoms with Crippen LogP contribution in [0.5, 0.6) is 0 Å². The van der Waals surface area contributed by atoms with Gasteiger partial charge in [0.15, 0.2) is 0 Å². The molecule has 0 radical (unpaired) electrons. The Bertz CT molecular complexity index is 460. The molecule has 0 heterocycles. The van der Waals surface area contributed by atoms with E-state index in [2.05, 4.69) is 23.9 Å². The van der Waals surface area contributed by atoms with Gasteiger partial charge in [0.05, 0.1) is 6.21 Å². The molecular formula is C16H19NO. The van der Waals surface area contributed by atoms with Gasteiger partial charge in [-0.2, -0.15) is 0 Å². The summed E-state index contributed by atoms with van der Waals surface area (Å²) in [7, 11) is 0. The molecule has 1 aliphatic rings. The maximum absolute atomic E-state index is 5.32. The molecule has 2 rings (SSSR count). The van der Waals surface area contributed by atoms with Crippen LogP contribution in [0.25, 0.3) is 6.08 Å². The van der Waals surface area contributed by atoms with Crippen LogP contribution in [0.4, 0.5) is 0 Å². The van der Waals surface area contributed by atoms with E-state index in [0.717, 1.165) is 17.5 Å². The third-order valence-corrected chi connectivity index (χ3v) is 3.04. The molecule has 1 aromatic carbocycles. The van der Waals surface area contributed by atoms with Crippen LogP contribution >= 0.6 is 0 Å². The molecule has 0 aromatic heterocycles. The molecule has 0 atom stereocenters. The lowest BCUT2D eigenvalue weighted by molar-refractivity contribution is 0.132. The molecule has 0 fully saturated rings. The van der Waals surface area contributed by atoms with Crippen molar-refractivity contribution in [2.24, 2.45) is 5.16 Å². The fourth-order valence-electron chi connectivity index (χ4n) is 2.01. The van der Waals surface area contributed by atoms with Crippen molar-refractivity contribution in [3.63, 3.8) is 0 Å². The molecule has 2 nitrogen and oxygen atoms in total. The lowest BCUT2D eigenvalue weighted by atomic mass is 10.0. The maximum Gasteiger partial charge on any atom is 0.142 e. The van der Waals surface area contributed by atoms with E-state index < -0.39 is 0 Å². The molecule has 2 heteroatoms. The van der Waals surface area contributed by atoms with Crippen LogP contribution in [-0.4, -0.2) is 6.21 Å². The van der Waals surface area contributed by atoms with Gasteiger partial charge in [-0.25, -0.2) is 0 Å². The second-order valence-electron chi connectivity index (χ2n) is 4.48. The molecule has 1 aromatic rings. The lowest BCUT2D eigenvalue weighted by Crippen LogP contribution is -1.94. The Kier molecular flexibility index (Phi) is 4.77. The van der Waals surface area contributed by atoms with Crippen molar-refractivity contribution in [3.05, 3.63) is 53.6 Å². The first kappa shape index (κ1) is 12.6. The lowest BCUT2D eigenvalue weighted by Gasteiger charge is -2.07. The van der Waals surface area contributed by atoms with Gasteiger partial charge in [-0.3, -0.25) is 0 Å². The van der Waals surface area contributed by atoms with E-state index in [1.165, 1.54) is 24.8 Å². The van der Waals surface area contributed by atoms with Crippen LogP contribution in [-0.2, 0) is 11.4 Å². The number of nitrogens with zero attached hydrogens (tertiary/aromatic N) is 1. The van der Waals surface area contributed by atoms with E-state index in [1.54, 1.807) is 0 Å². The molecule has 0 bridgehead atoms. The Morgan fingerprint density at radius 3 is 3.06 bits per heavy atom. The van der Waals surface area contributed by atoms with Gasteiger partial charge in [-0.1, -0.05) is 42.1 Å².